The number of ether oxygens (including phenoxy) is 4. The van der Waals surface area contributed by atoms with Crippen molar-refractivity contribution in [1.29, 1.82) is 0 Å². The number of pyridine rings is 1. The van der Waals surface area contributed by atoms with Gasteiger partial charge in [-0.1, -0.05) is 6.07 Å². The van der Waals surface area contributed by atoms with Gasteiger partial charge in [0.15, 0.2) is 28.8 Å². The average Bonchev–Trinajstić information content (AvgIpc) is 3.58. The van der Waals surface area contributed by atoms with Gasteiger partial charge in [-0.15, -0.1) is 5.10 Å². The number of hydrogen-bond acceptors (Lipinski definition) is 9. The maximum atomic E-state index is 13.1. The van der Waals surface area contributed by atoms with Gasteiger partial charge in [-0.25, -0.2) is 4.68 Å². The van der Waals surface area contributed by atoms with E-state index in [0.717, 1.165) is 16.7 Å². The molecule has 11 heteroatoms. The molecule has 0 unspecified atom stereocenters. The summed E-state index contributed by atoms with van der Waals surface area (Å²) >= 11 is 0. The number of benzene rings is 2. The van der Waals surface area contributed by atoms with Gasteiger partial charge in [0, 0.05) is 30.1 Å². The van der Waals surface area contributed by atoms with Gasteiger partial charge in [0.25, 0.3) is 5.56 Å². The summed E-state index contributed by atoms with van der Waals surface area (Å²) in [4.78, 5) is 18.2. The van der Waals surface area contributed by atoms with Gasteiger partial charge in [0.2, 0.25) is 13.6 Å². The minimum absolute atomic E-state index is 0.160. The minimum Gasteiger partial charge on any atom is -0.454 e. The number of rotatable bonds is 6. The fourth-order valence-electron chi connectivity index (χ4n) is 4.49. The van der Waals surface area contributed by atoms with Crippen molar-refractivity contribution in [3.05, 3.63) is 63.7 Å². The van der Waals surface area contributed by atoms with Crippen molar-refractivity contribution >= 4 is 10.9 Å². The monoisotopic (exact) mass is 490 g/mol. The molecule has 4 aromatic rings. The zero-order valence-electron chi connectivity index (χ0n) is 20.3. The van der Waals surface area contributed by atoms with Crippen LogP contribution in [-0.4, -0.2) is 43.7 Å². The summed E-state index contributed by atoms with van der Waals surface area (Å²) in [5.41, 5.74) is 1.90. The van der Waals surface area contributed by atoms with Crippen LogP contribution in [0.3, 0.4) is 0 Å². The molecule has 0 spiro atoms. The lowest BCUT2D eigenvalue weighted by Crippen LogP contribution is -2.31. The third-order valence-corrected chi connectivity index (χ3v) is 6.19. The molecule has 0 fully saturated rings. The Bertz CT molecular complexity index is 1510. The van der Waals surface area contributed by atoms with Crippen LogP contribution < -0.4 is 24.5 Å². The van der Waals surface area contributed by atoms with Crippen LogP contribution in [-0.2, 0) is 25.2 Å². The Hall–Kier alpha value is -4.12. The second-order valence-electron chi connectivity index (χ2n) is 9.93. The molecule has 2 aliphatic heterocycles. The first-order valence-corrected chi connectivity index (χ1v) is 11.7. The van der Waals surface area contributed by atoms with E-state index in [-0.39, 0.29) is 24.7 Å². The van der Waals surface area contributed by atoms with Gasteiger partial charge in [-0.05, 0) is 61.0 Å². The predicted octanol–water partition coefficient (Wildman–Crippen LogP) is 2.93. The van der Waals surface area contributed by atoms with E-state index in [1.165, 1.54) is 0 Å². The molecule has 2 aromatic carbocycles. The minimum atomic E-state index is -0.286. The topological polar surface area (TPSA) is 117 Å². The van der Waals surface area contributed by atoms with Crippen LogP contribution in [0.2, 0.25) is 0 Å². The van der Waals surface area contributed by atoms with Gasteiger partial charge < -0.3 is 23.9 Å². The molecule has 0 amide bonds. The molecule has 2 aliphatic rings. The van der Waals surface area contributed by atoms with E-state index in [9.17, 15) is 4.79 Å². The summed E-state index contributed by atoms with van der Waals surface area (Å²) in [6.45, 7) is 7.91. The molecule has 0 radical (unpaired) electrons. The first kappa shape index (κ1) is 22.4. The fourth-order valence-corrected chi connectivity index (χ4v) is 4.49. The van der Waals surface area contributed by atoms with Crippen LogP contribution in [0.5, 0.6) is 23.0 Å². The molecule has 2 aromatic heterocycles. The quantitative estimate of drug-likeness (QED) is 0.435. The Morgan fingerprint density at radius 3 is 2.42 bits per heavy atom. The van der Waals surface area contributed by atoms with E-state index in [1.54, 1.807) is 6.07 Å². The average molecular weight is 491 g/mol. The lowest BCUT2D eigenvalue weighted by molar-refractivity contribution is 0.173. The highest BCUT2D eigenvalue weighted by molar-refractivity contribution is 5.83. The molecular formula is C25H26N6O5. The molecule has 0 bridgehead atoms. The summed E-state index contributed by atoms with van der Waals surface area (Å²) in [6.07, 6.45) is 0. The van der Waals surface area contributed by atoms with Gasteiger partial charge in [0.05, 0.1) is 17.6 Å². The van der Waals surface area contributed by atoms with E-state index < -0.39 is 0 Å². The van der Waals surface area contributed by atoms with Gasteiger partial charge in [-0.2, -0.15) is 0 Å². The van der Waals surface area contributed by atoms with Crippen LogP contribution in [0.15, 0.2) is 41.2 Å². The highest BCUT2D eigenvalue weighted by Gasteiger charge is 2.23. The van der Waals surface area contributed by atoms with Crippen LogP contribution in [0.4, 0.5) is 0 Å². The second kappa shape index (κ2) is 8.52. The van der Waals surface area contributed by atoms with Gasteiger partial charge >= 0.3 is 0 Å². The van der Waals surface area contributed by atoms with E-state index >= 15 is 0 Å². The highest BCUT2D eigenvalue weighted by Crippen LogP contribution is 2.36. The van der Waals surface area contributed by atoms with E-state index in [2.05, 4.69) is 25.4 Å². The molecule has 0 saturated heterocycles. The van der Waals surface area contributed by atoms with Crippen molar-refractivity contribution in [2.75, 3.05) is 13.6 Å². The predicted molar refractivity (Wildman–Crippen MR) is 129 cm³/mol. The zero-order valence-corrected chi connectivity index (χ0v) is 20.3. The molecule has 0 aliphatic carbocycles. The van der Waals surface area contributed by atoms with Gasteiger partial charge in [-0.3, -0.25) is 9.69 Å². The standard InChI is InChI=1S/C25H26N6O5/c1-25(2,3)31-23(27-28-29-31)12-30(10-15-4-5-19-20(6-15)34-13-33-19)11-17-7-16-8-21-22(36-14-35-21)9-18(16)26-24(17)32/h4-9H,10-14H2,1-3H3,(H,26,32). The molecule has 11 nitrogen and oxygen atoms in total. The van der Waals surface area contributed by atoms with Crippen LogP contribution in [0.25, 0.3) is 10.9 Å². The number of fused-ring (bicyclic) bond motifs is 3. The number of aromatic nitrogens is 5. The summed E-state index contributed by atoms with van der Waals surface area (Å²) in [5.74, 6) is 3.45. The number of H-pyrrole nitrogens is 1. The maximum absolute atomic E-state index is 13.1. The molecule has 4 heterocycles. The normalized spacial score (nSPS) is 14.2. The summed E-state index contributed by atoms with van der Waals surface area (Å²) in [7, 11) is 0. The van der Waals surface area contributed by atoms with Crippen molar-refractivity contribution in [2.24, 2.45) is 0 Å². The van der Waals surface area contributed by atoms with Crippen molar-refractivity contribution in [2.45, 2.75) is 45.9 Å². The number of hydrogen-bond donors (Lipinski definition) is 1. The molecular weight excluding hydrogens is 464 g/mol. The zero-order chi connectivity index (χ0) is 24.9. The van der Waals surface area contributed by atoms with Crippen LogP contribution >= 0.6 is 0 Å². The second-order valence-corrected chi connectivity index (χ2v) is 9.93. The molecule has 1 N–H and O–H groups in total. The highest BCUT2D eigenvalue weighted by atomic mass is 16.7. The largest absolute Gasteiger partial charge is 0.454 e. The molecule has 6 rings (SSSR count). The lowest BCUT2D eigenvalue weighted by atomic mass is 10.1. The number of tetrazole rings is 1. The van der Waals surface area contributed by atoms with Crippen LogP contribution in [0, 0.1) is 0 Å². The Morgan fingerprint density at radius 2 is 1.64 bits per heavy atom. The lowest BCUT2D eigenvalue weighted by Gasteiger charge is -2.25. The van der Waals surface area contributed by atoms with Crippen molar-refractivity contribution < 1.29 is 18.9 Å². The Kier molecular flexibility index (Phi) is 5.29. The van der Waals surface area contributed by atoms with E-state index in [4.69, 9.17) is 18.9 Å². The van der Waals surface area contributed by atoms with E-state index in [1.807, 2.05) is 55.8 Å². The molecule has 36 heavy (non-hydrogen) atoms. The Morgan fingerprint density at radius 1 is 0.917 bits per heavy atom. The van der Waals surface area contributed by atoms with Crippen molar-refractivity contribution in [3.8, 4) is 23.0 Å². The Balaban J connectivity index is 1.34. The maximum Gasteiger partial charge on any atom is 0.252 e. The summed E-state index contributed by atoms with van der Waals surface area (Å²) in [6, 6.07) is 11.5. The first-order valence-electron chi connectivity index (χ1n) is 11.7. The van der Waals surface area contributed by atoms with Crippen molar-refractivity contribution in [1.82, 2.24) is 30.1 Å². The fraction of sp³-hybridized carbons (Fsp3) is 0.360. The molecule has 0 saturated carbocycles. The van der Waals surface area contributed by atoms with Crippen molar-refractivity contribution in [3.63, 3.8) is 0 Å². The Labute approximate surface area is 206 Å². The van der Waals surface area contributed by atoms with E-state index in [0.29, 0.717) is 53.8 Å². The number of nitrogens with zero attached hydrogens (tertiary/aromatic N) is 5. The molecule has 0 atom stereocenters. The third-order valence-electron chi connectivity index (χ3n) is 6.19. The van der Waals surface area contributed by atoms with Gasteiger partial charge in [0.1, 0.15) is 0 Å². The summed E-state index contributed by atoms with van der Waals surface area (Å²) < 4.78 is 23.8. The third kappa shape index (κ3) is 4.22. The molecule has 186 valence electrons. The number of nitrogens with one attached hydrogen (secondary N) is 1. The first-order chi connectivity index (χ1) is 17.3. The summed E-state index contributed by atoms with van der Waals surface area (Å²) in [5, 5.41) is 13.2. The van der Waals surface area contributed by atoms with Crippen LogP contribution in [0.1, 0.15) is 37.7 Å². The number of aromatic amines is 1. The smallest absolute Gasteiger partial charge is 0.252 e. The SMILES string of the molecule is CC(C)(C)n1nnnc1CN(Cc1ccc2c(c1)OCO2)Cc1cc2cc3c(cc2[nH]c1=O)OCO3.